The topological polar surface area (TPSA) is 83.5 Å². The fourth-order valence-electron chi connectivity index (χ4n) is 4.13. The molecule has 0 aromatic heterocycles. The summed E-state index contributed by atoms with van der Waals surface area (Å²) in [5, 5.41) is 18.2. The highest BCUT2D eigenvalue weighted by atomic mass is 19.1. The molecule has 1 unspecified atom stereocenters. The van der Waals surface area contributed by atoms with Gasteiger partial charge in [-0.15, -0.1) is 0 Å². The van der Waals surface area contributed by atoms with Crippen LogP contribution in [0.2, 0.25) is 0 Å². The largest absolute Gasteiger partial charge is 0.478 e. The van der Waals surface area contributed by atoms with E-state index in [0.717, 1.165) is 12.3 Å². The summed E-state index contributed by atoms with van der Waals surface area (Å²) in [4.78, 5) is 10.3. The van der Waals surface area contributed by atoms with Crippen molar-refractivity contribution in [1.29, 1.82) is 0 Å². The molecule has 4 atom stereocenters. The van der Waals surface area contributed by atoms with Crippen molar-refractivity contribution in [3.8, 4) is 0 Å². The van der Waals surface area contributed by atoms with E-state index in [1.807, 2.05) is 0 Å². The fraction of sp³-hybridized carbons (Fsp3) is 0.632. The van der Waals surface area contributed by atoms with Gasteiger partial charge in [0.1, 0.15) is 0 Å². The van der Waals surface area contributed by atoms with Gasteiger partial charge in [-0.05, 0) is 41.6 Å². The van der Waals surface area contributed by atoms with Gasteiger partial charge in [0, 0.05) is 6.42 Å². The number of aliphatic hydroxyl groups excluding tert-OH is 1. The fourth-order valence-corrected chi connectivity index (χ4v) is 4.13. The van der Waals surface area contributed by atoms with E-state index in [4.69, 9.17) is 10.8 Å². The Morgan fingerprint density at radius 3 is 2.25 bits per heavy atom. The van der Waals surface area contributed by atoms with Crippen LogP contribution < -0.4 is 5.73 Å². The molecular weight excluding hydrogens is 309 g/mol. The van der Waals surface area contributed by atoms with Gasteiger partial charge in [-0.1, -0.05) is 51.1 Å². The number of carboxylic acid groups (broad SMARTS) is 1. The molecule has 0 heterocycles. The third-order valence-electron chi connectivity index (χ3n) is 6.41. The van der Waals surface area contributed by atoms with Gasteiger partial charge in [0.2, 0.25) is 0 Å². The summed E-state index contributed by atoms with van der Waals surface area (Å²) in [6.07, 6.45) is 3.26. The maximum Gasteiger partial charge on any atom is 0.356 e. The number of benzene rings is 1. The Balaban J connectivity index is 0.000000175. The molecule has 24 heavy (non-hydrogen) atoms. The molecule has 0 spiro atoms. The number of aliphatic carboxylic acids is 1. The second-order valence-electron chi connectivity index (χ2n) is 7.96. The SMILES string of the molecule is CC1(C)[C@@H]2CC[C@]1(C)[C@@H](O)C2.NC(F)(Cc1ccccc1)C(=O)O. The molecule has 4 nitrogen and oxygen atoms in total. The summed E-state index contributed by atoms with van der Waals surface area (Å²) in [6, 6.07) is 8.43. The minimum Gasteiger partial charge on any atom is -0.478 e. The summed E-state index contributed by atoms with van der Waals surface area (Å²) < 4.78 is 13.1. The molecule has 2 bridgehead atoms. The van der Waals surface area contributed by atoms with Crippen LogP contribution in [0.4, 0.5) is 4.39 Å². The van der Waals surface area contributed by atoms with E-state index in [2.05, 4.69) is 20.8 Å². The first kappa shape index (κ1) is 18.9. The molecule has 0 amide bonds. The predicted octanol–water partition coefficient (Wildman–Crippen LogP) is 3.13. The number of hydrogen-bond donors (Lipinski definition) is 3. The highest BCUT2D eigenvalue weighted by Gasteiger charge is 2.60. The monoisotopic (exact) mass is 337 g/mol. The lowest BCUT2D eigenvalue weighted by molar-refractivity contribution is -0.150. The third kappa shape index (κ3) is 3.33. The van der Waals surface area contributed by atoms with Gasteiger partial charge in [-0.25, -0.2) is 9.18 Å². The number of aliphatic hydroxyl groups is 1. The number of fused-ring (bicyclic) bond motifs is 2. The molecule has 134 valence electrons. The molecule has 4 N–H and O–H groups in total. The highest BCUT2D eigenvalue weighted by Crippen LogP contribution is 2.65. The minimum absolute atomic E-state index is 0.0313. The lowest BCUT2D eigenvalue weighted by Crippen LogP contribution is -2.45. The molecule has 3 rings (SSSR count). The van der Waals surface area contributed by atoms with E-state index in [1.165, 1.54) is 12.8 Å². The van der Waals surface area contributed by atoms with Crippen molar-refractivity contribution in [3.05, 3.63) is 35.9 Å². The smallest absolute Gasteiger partial charge is 0.356 e. The van der Waals surface area contributed by atoms with Crippen LogP contribution in [0.3, 0.4) is 0 Å². The number of carbonyl (C=O) groups is 1. The Labute approximate surface area is 142 Å². The molecule has 1 aromatic rings. The summed E-state index contributed by atoms with van der Waals surface area (Å²) in [6.45, 7) is 6.90. The van der Waals surface area contributed by atoms with E-state index < -0.39 is 11.8 Å². The van der Waals surface area contributed by atoms with Crippen LogP contribution in [0.5, 0.6) is 0 Å². The van der Waals surface area contributed by atoms with Crippen LogP contribution in [0.1, 0.15) is 45.6 Å². The van der Waals surface area contributed by atoms with Gasteiger partial charge < -0.3 is 10.2 Å². The number of alkyl halides is 1. The molecule has 2 aliphatic rings. The minimum atomic E-state index is -2.68. The molecule has 2 saturated carbocycles. The lowest BCUT2D eigenvalue weighted by atomic mass is 9.70. The molecule has 5 heteroatoms. The Kier molecular flexibility index (Phi) is 5.07. The first-order valence-corrected chi connectivity index (χ1v) is 8.44. The van der Waals surface area contributed by atoms with Crippen molar-refractivity contribution in [2.45, 2.75) is 58.4 Å². The van der Waals surface area contributed by atoms with Gasteiger partial charge in [-0.3, -0.25) is 5.73 Å². The van der Waals surface area contributed by atoms with E-state index in [0.29, 0.717) is 11.0 Å². The average Bonchev–Trinajstić information content (AvgIpc) is 2.81. The van der Waals surface area contributed by atoms with E-state index in [1.54, 1.807) is 30.3 Å². The lowest BCUT2D eigenvalue weighted by Gasteiger charge is -2.36. The van der Waals surface area contributed by atoms with Gasteiger partial charge in [0.25, 0.3) is 5.79 Å². The normalized spacial score (nSPS) is 32.6. The van der Waals surface area contributed by atoms with Crippen LogP contribution in [0.15, 0.2) is 30.3 Å². The summed E-state index contributed by atoms with van der Waals surface area (Å²) in [5.74, 6) is -3.54. The van der Waals surface area contributed by atoms with Crippen LogP contribution in [-0.2, 0) is 11.2 Å². The zero-order valence-electron chi connectivity index (χ0n) is 14.6. The molecule has 0 saturated heterocycles. The van der Waals surface area contributed by atoms with E-state index in [-0.39, 0.29) is 17.9 Å². The van der Waals surface area contributed by atoms with Crippen LogP contribution in [0.25, 0.3) is 0 Å². The Bertz CT molecular complexity index is 588. The van der Waals surface area contributed by atoms with E-state index in [9.17, 15) is 14.3 Å². The van der Waals surface area contributed by atoms with Gasteiger partial charge in [-0.2, -0.15) is 0 Å². The van der Waals surface area contributed by atoms with Crippen LogP contribution >= 0.6 is 0 Å². The van der Waals surface area contributed by atoms with Gasteiger partial charge in [0.15, 0.2) is 0 Å². The third-order valence-corrected chi connectivity index (χ3v) is 6.41. The van der Waals surface area contributed by atoms with Crippen molar-refractivity contribution in [1.82, 2.24) is 0 Å². The maximum absolute atomic E-state index is 13.1. The van der Waals surface area contributed by atoms with Crippen molar-refractivity contribution in [3.63, 3.8) is 0 Å². The Morgan fingerprint density at radius 1 is 1.33 bits per heavy atom. The zero-order valence-corrected chi connectivity index (χ0v) is 14.6. The quantitative estimate of drug-likeness (QED) is 0.740. The molecule has 2 aliphatic carbocycles. The van der Waals surface area contributed by atoms with Gasteiger partial charge in [0.05, 0.1) is 6.10 Å². The van der Waals surface area contributed by atoms with Crippen molar-refractivity contribution < 1.29 is 19.4 Å². The molecule has 2 fully saturated rings. The Morgan fingerprint density at radius 2 is 1.92 bits per heavy atom. The second-order valence-corrected chi connectivity index (χ2v) is 7.96. The first-order valence-electron chi connectivity index (χ1n) is 8.44. The molecule has 0 radical (unpaired) electrons. The number of rotatable bonds is 3. The first-order chi connectivity index (χ1) is 11.0. The molecular formula is C19H28FNO3. The maximum atomic E-state index is 13.1. The zero-order chi connectivity index (χ0) is 18.2. The number of halogens is 1. The van der Waals surface area contributed by atoms with Gasteiger partial charge >= 0.3 is 5.97 Å². The molecule has 0 aliphatic heterocycles. The van der Waals surface area contributed by atoms with Crippen molar-refractivity contribution in [2.75, 3.05) is 0 Å². The van der Waals surface area contributed by atoms with Crippen LogP contribution in [-0.4, -0.2) is 28.1 Å². The summed E-state index contributed by atoms with van der Waals surface area (Å²) in [7, 11) is 0. The average molecular weight is 337 g/mol. The van der Waals surface area contributed by atoms with Crippen molar-refractivity contribution >= 4 is 5.97 Å². The second kappa shape index (κ2) is 6.45. The predicted molar refractivity (Wildman–Crippen MR) is 91.0 cm³/mol. The molecule has 1 aromatic carbocycles. The van der Waals surface area contributed by atoms with Crippen LogP contribution in [0, 0.1) is 16.7 Å². The number of hydrogen-bond acceptors (Lipinski definition) is 3. The number of nitrogens with two attached hydrogens (primary N) is 1. The standard InChI is InChI=1S/C10H18O.C9H10FNO2/c1-9(2)7-4-5-10(9,3)8(11)6-7;10-9(11,8(12)13)6-7-4-2-1-3-5-7/h7-8,11H,4-6H2,1-3H3;1-5H,6,11H2,(H,12,13)/t7-,8+,10-;/m1./s1. The Hall–Kier alpha value is -1.46. The summed E-state index contributed by atoms with van der Waals surface area (Å²) >= 11 is 0. The number of carboxylic acids is 1. The highest BCUT2D eigenvalue weighted by molar-refractivity contribution is 5.76. The van der Waals surface area contributed by atoms with Crippen molar-refractivity contribution in [2.24, 2.45) is 22.5 Å². The van der Waals surface area contributed by atoms with E-state index >= 15 is 0 Å². The summed E-state index contributed by atoms with van der Waals surface area (Å²) in [5.41, 5.74) is 6.09.